The number of esters is 1. The van der Waals surface area contributed by atoms with Gasteiger partial charge < -0.3 is 19.2 Å². The van der Waals surface area contributed by atoms with Crippen LogP contribution in [0.3, 0.4) is 0 Å². The zero-order valence-corrected chi connectivity index (χ0v) is 18.8. The third-order valence-corrected chi connectivity index (χ3v) is 5.89. The van der Waals surface area contributed by atoms with E-state index in [1.807, 2.05) is 13.8 Å². The van der Waals surface area contributed by atoms with Gasteiger partial charge in [-0.1, -0.05) is 23.2 Å². The second-order valence-corrected chi connectivity index (χ2v) is 8.36. The van der Waals surface area contributed by atoms with Crippen molar-refractivity contribution in [2.75, 3.05) is 11.9 Å². The molecule has 2 aromatic heterocycles. The number of carbonyl (C=O) groups is 2. The van der Waals surface area contributed by atoms with Crippen molar-refractivity contribution in [3.05, 3.63) is 67.9 Å². The predicted molar refractivity (Wildman–Crippen MR) is 117 cm³/mol. The maximum absolute atomic E-state index is 12.6. The molecule has 0 saturated heterocycles. The van der Waals surface area contributed by atoms with Gasteiger partial charge >= 0.3 is 5.97 Å². The summed E-state index contributed by atoms with van der Waals surface area (Å²) >= 11 is 13.3. The molecule has 1 N–H and O–H groups in total. The second kappa shape index (κ2) is 9.55. The first-order valence-electron chi connectivity index (χ1n) is 9.05. The van der Waals surface area contributed by atoms with Crippen molar-refractivity contribution in [2.24, 2.45) is 0 Å². The highest BCUT2D eigenvalue weighted by Gasteiger charge is 2.23. The summed E-state index contributed by atoms with van der Waals surface area (Å²) in [7, 11) is 0. The lowest BCUT2D eigenvalue weighted by Gasteiger charge is -2.07. The number of carbonyl (C=O) groups excluding carboxylic acids is 2. The zero-order chi connectivity index (χ0) is 21.8. The Bertz CT molecular complexity index is 1090. The van der Waals surface area contributed by atoms with Gasteiger partial charge in [-0.05, 0) is 56.7 Å². The SMILES string of the molecule is CCOC(=O)c1c(NC(=O)c2ccc(COc3ccc(Cl)cc3Cl)o2)sc(C)c1C. The highest BCUT2D eigenvalue weighted by molar-refractivity contribution is 7.16. The normalized spacial score (nSPS) is 10.7. The molecule has 0 unspecified atom stereocenters. The Hall–Kier alpha value is -2.48. The van der Waals surface area contributed by atoms with Gasteiger partial charge in [0.25, 0.3) is 5.91 Å². The van der Waals surface area contributed by atoms with Crippen LogP contribution in [-0.4, -0.2) is 18.5 Å². The molecule has 158 valence electrons. The topological polar surface area (TPSA) is 77.8 Å². The molecule has 0 spiro atoms. The minimum absolute atomic E-state index is 0.0833. The minimum Gasteiger partial charge on any atom is -0.484 e. The van der Waals surface area contributed by atoms with Crippen molar-refractivity contribution in [3.63, 3.8) is 0 Å². The highest BCUT2D eigenvalue weighted by Crippen LogP contribution is 2.33. The van der Waals surface area contributed by atoms with Gasteiger partial charge in [-0.3, -0.25) is 4.79 Å². The van der Waals surface area contributed by atoms with Crippen molar-refractivity contribution in [1.29, 1.82) is 0 Å². The van der Waals surface area contributed by atoms with Crippen LogP contribution in [0.2, 0.25) is 10.0 Å². The smallest absolute Gasteiger partial charge is 0.341 e. The van der Waals surface area contributed by atoms with Gasteiger partial charge in [-0.2, -0.15) is 0 Å². The van der Waals surface area contributed by atoms with E-state index < -0.39 is 11.9 Å². The number of furan rings is 1. The number of thiophene rings is 1. The first-order valence-corrected chi connectivity index (χ1v) is 10.6. The number of amides is 1. The Morgan fingerprint density at radius 2 is 1.93 bits per heavy atom. The second-order valence-electron chi connectivity index (χ2n) is 6.29. The third kappa shape index (κ3) is 4.98. The van der Waals surface area contributed by atoms with Crippen molar-refractivity contribution >= 4 is 51.4 Å². The van der Waals surface area contributed by atoms with Crippen LogP contribution in [0.5, 0.6) is 5.75 Å². The van der Waals surface area contributed by atoms with Crippen LogP contribution in [0.25, 0.3) is 0 Å². The fraction of sp³-hybridized carbons (Fsp3) is 0.238. The molecule has 1 aromatic carbocycles. The van der Waals surface area contributed by atoms with E-state index in [1.165, 1.54) is 17.4 Å². The Morgan fingerprint density at radius 3 is 2.63 bits per heavy atom. The summed E-state index contributed by atoms with van der Waals surface area (Å²) in [6.07, 6.45) is 0. The van der Waals surface area contributed by atoms with Crippen molar-refractivity contribution in [2.45, 2.75) is 27.4 Å². The van der Waals surface area contributed by atoms with E-state index in [1.54, 1.807) is 31.2 Å². The van der Waals surface area contributed by atoms with Gasteiger partial charge in [-0.25, -0.2) is 4.79 Å². The van der Waals surface area contributed by atoms with Gasteiger partial charge in [0.1, 0.15) is 23.1 Å². The zero-order valence-electron chi connectivity index (χ0n) is 16.5. The molecule has 0 fully saturated rings. The molecule has 0 saturated carbocycles. The van der Waals surface area contributed by atoms with Gasteiger partial charge in [-0.15, -0.1) is 11.3 Å². The molecule has 2 heterocycles. The maximum Gasteiger partial charge on any atom is 0.341 e. The van der Waals surface area contributed by atoms with Gasteiger partial charge in [0.2, 0.25) is 0 Å². The molecule has 0 aliphatic heterocycles. The number of ether oxygens (including phenoxy) is 2. The molecule has 0 aliphatic rings. The van der Waals surface area contributed by atoms with E-state index in [0.29, 0.717) is 32.1 Å². The fourth-order valence-corrected chi connectivity index (χ4v) is 4.15. The number of benzene rings is 1. The van der Waals surface area contributed by atoms with Crippen LogP contribution in [-0.2, 0) is 11.3 Å². The summed E-state index contributed by atoms with van der Waals surface area (Å²) in [4.78, 5) is 25.8. The monoisotopic (exact) mass is 467 g/mol. The fourth-order valence-electron chi connectivity index (χ4n) is 2.65. The third-order valence-electron chi connectivity index (χ3n) is 4.24. The number of hydrogen-bond donors (Lipinski definition) is 1. The molecule has 9 heteroatoms. The van der Waals surface area contributed by atoms with Crippen LogP contribution in [0.15, 0.2) is 34.7 Å². The van der Waals surface area contributed by atoms with Gasteiger partial charge in [0.05, 0.1) is 17.2 Å². The number of rotatable bonds is 7. The average molecular weight is 468 g/mol. The number of anilines is 1. The Balaban J connectivity index is 1.70. The molecule has 0 radical (unpaired) electrons. The van der Waals surface area contributed by atoms with Crippen molar-refractivity contribution < 1.29 is 23.5 Å². The van der Waals surface area contributed by atoms with Crippen molar-refractivity contribution in [1.82, 2.24) is 0 Å². The van der Waals surface area contributed by atoms with E-state index in [4.69, 9.17) is 37.1 Å². The predicted octanol–water partition coefficient (Wildman–Crippen LogP) is 6.27. The first kappa shape index (κ1) is 22.2. The lowest BCUT2D eigenvalue weighted by atomic mass is 10.1. The number of hydrogen-bond acceptors (Lipinski definition) is 6. The number of nitrogens with one attached hydrogen (secondary N) is 1. The molecule has 1 amide bonds. The van der Waals surface area contributed by atoms with Crippen molar-refractivity contribution in [3.8, 4) is 5.75 Å². The summed E-state index contributed by atoms with van der Waals surface area (Å²) in [5.74, 6) is 0.0392. The molecule has 0 aliphatic carbocycles. The standard InChI is InChI=1S/C21H19Cl2NO5S/c1-4-27-21(26)18-11(2)12(3)30-20(18)24-19(25)17-8-6-14(29-17)10-28-16-7-5-13(22)9-15(16)23/h5-9H,4,10H2,1-3H3,(H,24,25). The quantitative estimate of drug-likeness (QED) is 0.414. The molecule has 3 rings (SSSR count). The van der Waals surface area contributed by atoms with E-state index in [0.717, 1.165) is 10.4 Å². The molecule has 30 heavy (non-hydrogen) atoms. The molecule has 6 nitrogen and oxygen atoms in total. The van der Waals surface area contributed by atoms with E-state index >= 15 is 0 Å². The van der Waals surface area contributed by atoms with Crippen LogP contribution in [0, 0.1) is 13.8 Å². The Morgan fingerprint density at radius 1 is 1.17 bits per heavy atom. The Kier molecular flexibility index (Phi) is 7.07. The minimum atomic E-state index is -0.474. The molecule has 0 atom stereocenters. The van der Waals surface area contributed by atoms with Gasteiger partial charge in [0, 0.05) is 9.90 Å². The van der Waals surface area contributed by atoms with E-state index in [9.17, 15) is 9.59 Å². The van der Waals surface area contributed by atoms with E-state index in [-0.39, 0.29) is 19.0 Å². The molecular weight excluding hydrogens is 449 g/mol. The average Bonchev–Trinajstić information content (AvgIpc) is 3.26. The van der Waals surface area contributed by atoms with Crippen LogP contribution in [0.4, 0.5) is 5.00 Å². The van der Waals surface area contributed by atoms with Crippen LogP contribution < -0.4 is 10.1 Å². The molecule has 0 bridgehead atoms. The number of halogens is 2. The largest absolute Gasteiger partial charge is 0.484 e. The van der Waals surface area contributed by atoms with Crippen LogP contribution >= 0.6 is 34.5 Å². The summed E-state index contributed by atoms with van der Waals surface area (Å²) in [5.41, 5.74) is 1.14. The first-order chi connectivity index (χ1) is 14.3. The summed E-state index contributed by atoms with van der Waals surface area (Å²) in [6.45, 7) is 5.76. The lowest BCUT2D eigenvalue weighted by molar-refractivity contribution is 0.0527. The molecular formula is C21H19Cl2NO5S. The molecule has 3 aromatic rings. The number of aryl methyl sites for hydroxylation is 1. The highest BCUT2D eigenvalue weighted by atomic mass is 35.5. The summed E-state index contributed by atoms with van der Waals surface area (Å²) in [6, 6.07) is 8.06. The van der Waals surface area contributed by atoms with E-state index in [2.05, 4.69) is 5.32 Å². The Labute approximate surface area is 187 Å². The van der Waals surface area contributed by atoms with Gasteiger partial charge in [0.15, 0.2) is 5.76 Å². The summed E-state index contributed by atoms with van der Waals surface area (Å²) in [5, 5.41) is 4.05. The van der Waals surface area contributed by atoms with Crippen LogP contribution in [0.1, 0.15) is 44.0 Å². The summed E-state index contributed by atoms with van der Waals surface area (Å²) < 4.78 is 16.3. The maximum atomic E-state index is 12.6. The lowest BCUT2D eigenvalue weighted by Crippen LogP contribution is -2.14.